The Morgan fingerprint density at radius 1 is 1.56 bits per heavy atom. The normalized spacial score (nSPS) is 11.9. The molecule has 1 rings (SSSR count). The fourth-order valence-corrected chi connectivity index (χ4v) is 1.14. The van der Waals surface area contributed by atoms with E-state index in [-0.39, 0.29) is 12.1 Å². The maximum absolute atomic E-state index is 5.46. The first-order chi connectivity index (χ1) is 7.65. The molecule has 0 aliphatic heterocycles. The number of terminal acetylenes is 1. The average molecular weight is 219 g/mol. The molecule has 1 aromatic heterocycles. The van der Waals surface area contributed by atoms with Gasteiger partial charge in [0.05, 0.1) is 12.1 Å². The van der Waals surface area contributed by atoms with Crippen molar-refractivity contribution < 1.29 is 4.74 Å². The molecule has 0 fully saturated rings. The zero-order chi connectivity index (χ0) is 12.0. The van der Waals surface area contributed by atoms with Crippen LogP contribution in [-0.2, 0) is 0 Å². The minimum absolute atomic E-state index is 0.0469. The second kappa shape index (κ2) is 5.96. The Labute approximate surface area is 96.5 Å². The van der Waals surface area contributed by atoms with Crippen LogP contribution in [0.25, 0.3) is 0 Å². The Bertz CT molecular complexity index is 371. The van der Waals surface area contributed by atoms with Crippen LogP contribution in [0.4, 0.5) is 5.95 Å². The summed E-state index contributed by atoms with van der Waals surface area (Å²) in [4.78, 5) is 8.29. The molecule has 0 bridgehead atoms. The van der Waals surface area contributed by atoms with Crippen LogP contribution in [-0.4, -0.2) is 22.1 Å². The van der Waals surface area contributed by atoms with Crippen LogP contribution in [0.5, 0.6) is 5.88 Å². The fraction of sp³-hybridized carbons (Fsp3) is 0.500. The lowest BCUT2D eigenvalue weighted by Gasteiger charge is -2.12. The number of nitrogens with zero attached hydrogens (tertiary/aromatic N) is 2. The highest BCUT2D eigenvalue weighted by Crippen LogP contribution is 2.11. The van der Waals surface area contributed by atoms with E-state index in [1.54, 1.807) is 12.3 Å². The first kappa shape index (κ1) is 12.3. The maximum atomic E-state index is 5.46. The highest BCUT2D eigenvalue weighted by molar-refractivity contribution is 5.31. The van der Waals surface area contributed by atoms with Crippen molar-refractivity contribution in [1.29, 1.82) is 0 Å². The van der Waals surface area contributed by atoms with E-state index in [4.69, 9.17) is 11.2 Å². The molecule has 0 spiro atoms. The van der Waals surface area contributed by atoms with E-state index in [0.717, 1.165) is 6.42 Å². The summed E-state index contributed by atoms with van der Waals surface area (Å²) >= 11 is 0. The standard InChI is InChI=1S/C12H17N3O/c1-5-10(6-2)14-12-13-8-7-11(15-12)16-9(3)4/h1,7-10H,6H2,2-4H3,(H,13,14,15). The number of ether oxygens (including phenoxy) is 1. The Morgan fingerprint density at radius 3 is 2.88 bits per heavy atom. The Morgan fingerprint density at radius 2 is 2.31 bits per heavy atom. The zero-order valence-electron chi connectivity index (χ0n) is 9.90. The Kier molecular flexibility index (Phi) is 4.59. The van der Waals surface area contributed by atoms with Gasteiger partial charge in [0.25, 0.3) is 0 Å². The molecule has 1 aromatic rings. The van der Waals surface area contributed by atoms with Crippen LogP contribution >= 0.6 is 0 Å². The summed E-state index contributed by atoms with van der Waals surface area (Å²) < 4.78 is 5.46. The van der Waals surface area contributed by atoms with E-state index in [9.17, 15) is 0 Å². The van der Waals surface area contributed by atoms with Crippen LogP contribution in [0.1, 0.15) is 27.2 Å². The minimum Gasteiger partial charge on any atom is -0.475 e. The first-order valence-electron chi connectivity index (χ1n) is 5.38. The number of hydrogen-bond acceptors (Lipinski definition) is 4. The van der Waals surface area contributed by atoms with E-state index in [0.29, 0.717) is 11.8 Å². The van der Waals surface area contributed by atoms with E-state index in [2.05, 4.69) is 21.2 Å². The van der Waals surface area contributed by atoms with Gasteiger partial charge in [0.2, 0.25) is 11.8 Å². The van der Waals surface area contributed by atoms with Gasteiger partial charge in [-0.2, -0.15) is 4.98 Å². The average Bonchev–Trinajstić information content (AvgIpc) is 2.25. The Balaban J connectivity index is 2.71. The number of anilines is 1. The van der Waals surface area contributed by atoms with E-state index < -0.39 is 0 Å². The molecular formula is C12H17N3O. The van der Waals surface area contributed by atoms with Crippen molar-refractivity contribution in [1.82, 2.24) is 9.97 Å². The monoisotopic (exact) mass is 219 g/mol. The first-order valence-corrected chi connectivity index (χ1v) is 5.38. The lowest BCUT2D eigenvalue weighted by molar-refractivity contribution is 0.232. The van der Waals surface area contributed by atoms with Gasteiger partial charge >= 0.3 is 0 Å². The van der Waals surface area contributed by atoms with Crippen molar-refractivity contribution in [2.45, 2.75) is 39.3 Å². The second-order valence-electron chi connectivity index (χ2n) is 3.66. The van der Waals surface area contributed by atoms with Gasteiger partial charge in [-0.25, -0.2) is 4.98 Å². The third kappa shape index (κ3) is 3.77. The molecule has 1 N–H and O–H groups in total. The van der Waals surface area contributed by atoms with Gasteiger partial charge in [0.15, 0.2) is 0 Å². The summed E-state index contributed by atoms with van der Waals surface area (Å²) in [6.07, 6.45) is 7.92. The van der Waals surface area contributed by atoms with Crippen LogP contribution in [0.2, 0.25) is 0 Å². The van der Waals surface area contributed by atoms with Gasteiger partial charge in [-0.3, -0.25) is 0 Å². The van der Waals surface area contributed by atoms with Crippen LogP contribution in [0.15, 0.2) is 12.3 Å². The molecule has 0 saturated carbocycles. The molecule has 0 saturated heterocycles. The molecule has 1 heterocycles. The molecule has 0 aliphatic carbocycles. The zero-order valence-corrected chi connectivity index (χ0v) is 9.90. The lowest BCUT2D eigenvalue weighted by Crippen LogP contribution is -2.18. The van der Waals surface area contributed by atoms with Crippen LogP contribution < -0.4 is 10.1 Å². The molecule has 0 aromatic carbocycles. The number of nitrogens with one attached hydrogen (secondary N) is 1. The van der Waals surface area contributed by atoms with Crippen molar-refractivity contribution >= 4 is 5.95 Å². The molecule has 0 aliphatic rings. The quantitative estimate of drug-likeness (QED) is 0.770. The van der Waals surface area contributed by atoms with Gasteiger partial charge in [-0.15, -0.1) is 6.42 Å². The summed E-state index contributed by atoms with van der Waals surface area (Å²) in [6.45, 7) is 5.91. The van der Waals surface area contributed by atoms with Gasteiger partial charge in [0.1, 0.15) is 0 Å². The predicted molar refractivity (Wildman–Crippen MR) is 64.3 cm³/mol. The molecule has 4 heteroatoms. The highest BCUT2D eigenvalue weighted by atomic mass is 16.5. The Hall–Kier alpha value is -1.76. The van der Waals surface area contributed by atoms with Gasteiger partial charge in [-0.05, 0) is 20.3 Å². The molecule has 1 atom stereocenters. The largest absolute Gasteiger partial charge is 0.475 e. The number of rotatable bonds is 5. The molecule has 86 valence electrons. The van der Waals surface area contributed by atoms with Gasteiger partial charge < -0.3 is 10.1 Å². The third-order valence-electron chi connectivity index (χ3n) is 1.90. The van der Waals surface area contributed by atoms with Crippen molar-refractivity contribution in [2.24, 2.45) is 0 Å². The van der Waals surface area contributed by atoms with Crippen LogP contribution in [0, 0.1) is 12.3 Å². The number of aromatic nitrogens is 2. The molecule has 1 unspecified atom stereocenters. The molecule has 0 radical (unpaired) electrons. The summed E-state index contributed by atoms with van der Waals surface area (Å²) in [5.74, 6) is 3.69. The van der Waals surface area contributed by atoms with Crippen molar-refractivity contribution in [3.05, 3.63) is 12.3 Å². The lowest BCUT2D eigenvalue weighted by atomic mass is 10.2. The minimum atomic E-state index is -0.0469. The van der Waals surface area contributed by atoms with Crippen molar-refractivity contribution in [2.75, 3.05) is 5.32 Å². The third-order valence-corrected chi connectivity index (χ3v) is 1.90. The van der Waals surface area contributed by atoms with E-state index in [1.165, 1.54) is 0 Å². The second-order valence-corrected chi connectivity index (χ2v) is 3.66. The fourth-order valence-electron chi connectivity index (χ4n) is 1.14. The van der Waals surface area contributed by atoms with E-state index in [1.807, 2.05) is 20.8 Å². The van der Waals surface area contributed by atoms with Crippen molar-refractivity contribution in [3.63, 3.8) is 0 Å². The SMILES string of the molecule is C#CC(CC)Nc1nccc(OC(C)C)n1. The predicted octanol–water partition coefficient (Wildman–Crippen LogP) is 2.09. The number of hydrogen-bond donors (Lipinski definition) is 1. The smallest absolute Gasteiger partial charge is 0.226 e. The van der Waals surface area contributed by atoms with Crippen molar-refractivity contribution in [3.8, 4) is 18.2 Å². The van der Waals surface area contributed by atoms with Gasteiger partial charge in [-0.1, -0.05) is 12.8 Å². The summed E-state index contributed by atoms with van der Waals surface area (Å²) in [5, 5.41) is 3.05. The summed E-state index contributed by atoms with van der Waals surface area (Å²) in [5.41, 5.74) is 0. The maximum Gasteiger partial charge on any atom is 0.226 e. The van der Waals surface area contributed by atoms with Crippen LogP contribution in [0.3, 0.4) is 0 Å². The topological polar surface area (TPSA) is 47.0 Å². The molecule has 4 nitrogen and oxygen atoms in total. The molecular weight excluding hydrogens is 202 g/mol. The highest BCUT2D eigenvalue weighted by Gasteiger charge is 2.05. The summed E-state index contributed by atoms with van der Waals surface area (Å²) in [7, 11) is 0. The molecule has 0 amide bonds. The van der Waals surface area contributed by atoms with E-state index >= 15 is 0 Å². The summed E-state index contributed by atoms with van der Waals surface area (Å²) in [6, 6.07) is 1.68. The van der Waals surface area contributed by atoms with Gasteiger partial charge in [0, 0.05) is 12.3 Å². The molecule has 16 heavy (non-hydrogen) atoms.